The number of carbonyl (C=O) groups excluding carboxylic acids is 1. The lowest BCUT2D eigenvalue weighted by atomic mass is 10.1. The molecule has 2 aromatic carbocycles. The Morgan fingerprint density at radius 1 is 1.16 bits per heavy atom. The zero-order valence-corrected chi connectivity index (χ0v) is 12.2. The van der Waals surface area contributed by atoms with Gasteiger partial charge in [0.1, 0.15) is 0 Å². The largest absolute Gasteiger partial charge is 0.398 e. The van der Waals surface area contributed by atoms with E-state index in [-0.39, 0.29) is 5.91 Å². The van der Waals surface area contributed by atoms with Gasteiger partial charge in [0.2, 0.25) is 0 Å². The molecule has 0 radical (unpaired) electrons. The molecule has 3 nitrogen and oxygen atoms in total. The Balaban J connectivity index is 2.12. The van der Waals surface area contributed by atoms with E-state index in [2.05, 4.69) is 15.9 Å². The first-order valence-corrected chi connectivity index (χ1v) is 6.71. The number of para-hydroxylation sites is 1. The molecule has 0 aliphatic carbocycles. The van der Waals surface area contributed by atoms with E-state index in [4.69, 9.17) is 5.73 Å². The summed E-state index contributed by atoms with van der Waals surface area (Å²) in [6.07, 6.45) is 0. The molecule has 0 heterocycles. The summed E-state index contributed by atoms with van der Waals surface area (Å²) in [7, 11) is 1.77. The average Bonchev–Trinajstić information content (AvgIpc) is 2.41. The Morgan fingerprint density at radius 3 is 2.42 bits per heavy atom. The van der Waals surface area contributed by atoms with Crippen molar-refractivity contribution >= 4 is 27.5 Å². The molecule has 1 amide bonds. The second kappa shape index (κ2) is 5.89. The summed E-state index contributed by atoms with van der Waals surface area (Å²) in [4.78, 5) is 13.9. The quantitative estimate of drug-likeness (QED) is 0.882. The fraction of sp³-hybridized carbons (Fsp3) is 0.133. The topological polar surface area (TPSA) is 46.3 Å². The molecule has 2 N–H and O–H groups in total. The van der Waals surface area contributed by atoms with Crippen molar-refractivity contribution in [3.8, 4) is 0 Å². The van der Waals surface area contributed by atoms with Crippen molar-refractivity contribution in [3.63, 3.8) is 0 Å². The van der Waals surface area contributed by atoms with E-state index in [1.807, 2.05) is 36.4 Å². The molecule has 19 heavy (non-hydrogen) atoms. The van der Waals surface area contributed by atoms with Crippen LogP contribution in [0, 0.1) is 0 Å². The number of benzene rings is 2. The first-order chi connectivity index (χ1) is 9.08. The minimum atomic E-state index is -0.0685. The lowest BCUT2D eigenvalue weighted by molar-refractivity contribution is 0.0786. The number of nitrogens with two attached hydrogens (primary N) is 1. The third-order valence-electron chi connectivity index (χ3n) is 2.87. The van der Waals surface area contributed by atoms with Crippen LogP contribution in [0.2, 0.25) is 0 Å². The molecule has 0 aromatic heterocycles. The van der Waals surface area contributed by atoms with Gasteiger partial charge in [-0.15, -0.1) is 0 Å². The highest BCUT2D eigenvalue weighted by Gasteiger charge is 2.14. The van der Waals surface area contributed by atoms with Crippen molar-refractivity contribution in [3.05, 3.63) is 64.1 Å². The maximum absolute atomic E-state index is 12.3. The van der Waals surface area contributed by atoms with Crippen LogP contribution in [0.15, 0.2) is 53.0 Å². The maximum atomic E-state index is 12.3. The van der Waals surface area contributed by atoms with Crippen LogP contribution in [0.4, 0.5) is 5.69 Å². The van der Waals surface area contributed by atoms with E-state index >= 15 is 0 Å². The second-order valence-electron chi connectivity index (χ2n) is 4.37. The van der Waals surface area contributed by atoms with Gasteiger partial charge in [0.15, 0.2) is 0 Å². The predicted molar refractivity (Wildman–Crippen MR) is 80.8 cm³/mol. The van der Waals surface area contributed by atoms with Gasteiger partial charge in [0, 0.05) is 23.8 Å². The Morgan fingerprint density at radius 2 is 1.79 bits per heavy atom. The number of hydrogen-bond acceptors (Lipinski definition) is 2. The molecule has 4 heteroatoms. The minimum absolute atomic E-state index is 0.0685. The van der Waals surface area contributed by atoms with Gasteiger partial charge in [-0.25, -0.2) is 0 Å². The highest BCUT2D eigenvalue weighted by atomic mass is 79.9. The SMILES string of the molecule is CN(Cc1ccc(Br)cc1)C(=O)c1ccccc1N. The van der Waals surface area contributed by atoms with Gasteiger partial charge >= 0.3 is 0 Å². The molecule has 0 unspecified atom stereocenters. The maximum Gasteiger partial charge on any atom is 0.255 e. The van der Waals surface area contributed by atoms with Crippen molar-refractivity contribution in [2.75, 3.05) is 12.8 Å². The summed E-state index contributed by atoms with van der Waals surface area (Å²) in [5.74, 6) is -0.0685. The van der Waals surface area contributed by atoms with Crippen LogP contribution in [-0.2, 0) is 6.54 Å². The van der Waals surface area contributed by atoms with Gasteiger partial charge in [-0.2, -0.15) is 0 Å². The van der Waals surface area contributed by atoms with E-state index in [0.29, 0.717) is 17.8 Å². The molecule has 0 aliphatic rings. The number of rotatable bonds is 3. The molecule has 0 fully saturated rings. The third-order valence-corrected chi connectivity index (χ3v) is 3.40. The third kappa shape index (κ3) is 3.35. The summed E-state index contributed by atoms with van der Waals surface area (Å²) < 4.78 is 1.03. The van der Waals surface area contributed by atoms with Crippen molar-refractivity contribution in [1.82, 2.24) is 4.90 Å². The van der Waals surface area contributed by atoms with E-state index in [0.717, 1.165) is 10.0 Å². The predicted octanol–water partition coefficient (Wildman–Crippen LogP) is 3.30. The Kier molecular flexibility index (Phi) is 4.22. The number of anilines is 1. The zero-order chi connectivity index (χ0) is 13.8. The number of halogens is 1. The number of amides is 1. The smallest absolute Gasteiger partial charge is 0.255 e. The molecule has 2 rings (SSSR count). The normalized spacial score (nSPS) is 10.2. The van der Waals surface area contributed by atoms with Crippen LogP contribution in [0.1, 0.15) is 15.9 Å². The fourth-order valence-electron chi connectivity index (χ4n) is 1.83. The number of nitrogen functional groups attached to an aromatic ring is 1. The van der Waals surface area contributed by atoms with Crippen molar-refractivity contribution in [2.24, 2.45) is 0 Å². The molecule has 0 bridgehead atoms. The molecular formula is C15H15BrN2O. The highest BCUT2D eigenvalue weighted by molar-refractivity contribution is 9.10. The monoisotopic (exact) mass is 318 g/mol. The Labute approximate surface area is 121 Å². The summed E-state index contributed by atoms with van der Waals surface area (Å²) in [6.45, 7) is 0.556. The van der Waals surface area contributed by atoms with Gasteiger partial charge in [-0.1, -0.05) is 40.2 Å². The van der Waals surface area contributed by atoms with E-state index in [1.165, 1.54) is 0 Å². The molecule has 0 atom stereocenters. The van der Waals surface area contributed by atoms with Gasteiger partial charge in [-0.05, 0) is 29.8 Å². The van der Waals surface area contributed by atoms with Gasteiger partial charge in [0.25, 0.3) is 5.91 Å². The number of hydrogen-bond donors (Lipinski definition) is 1. The van der Waals surface area contributed by atoms with Crippen LogP contribution < -0.4 is 5.73 Å². The average molecular weight is 319 g/mol. The summed E-state index contributed by atoms with van der Waals surface area (Å²) in [5.41, 5.74) is 7.95. The van der Waals surface area contributed by atoms with Crippen molar-refractivity contribution < 1.29 is 4.79 Å². The van der Waals surface area contributed by atoms with Crippen LogP contribution in [-0.4, -0.2) is 17.9 Å². The molecule has 2 aromatic rings. The first kappa shape index (κ1) is 13.6. The minimum Gasteiger partial charge on any atom is -0.398 e. The van der Waals surface area contributed by atoms with Crippen LogP contribution in [0.25, 0.3) is 0 Å². The molecule has 0 saturated carbocycles. The van der Waals surface area contributed by atoms with Crippen molar-refractivity contribution in [2.45, 2.75) is 6.54 Å². The molecule has 0 saturated heterocycles. The van der Waals surface area contributed by atoms with E-state index in [9.17, 15) is 4.79 Å². The zero-order valence-electron chi connectivity index (χ0n) is 10.6. The second-order valence-corrected chi connectivity index (χ2v) is 5.29. The van der Waals surface area contributed by atoms with Gasteiger partial charge in [-0.3, -0.25) is 4.79 Å². The first-order valence-electron chi connectivity index (χ1n) is 5.92. The summed E-state index contributed by atoms with van der Waals surface area (Å²) in [5, 5.41) is 0. The van der Waals surface area contributed by atoms with Crippen LogP contribution in [0.3, 0.4) is 0 Å². The van der Waals surface area contributed by atoms with E-state index < -0.39 is 0 Å². The Bertz CT molecular complexity index is 581. The standard InChI is InChI=1S/C15H15BrN2O/c1-18(10-11-6-8-12(16)9-7-11)15(19)13-4-2-3-5-14(13)17/h2-9H,10,17H2,1H3. The van der Waals surface area contributed by atoms with Gasteiger partial charge < -0.3 is 10.6 Å². The van der Waals surface area contributed by atoms with Gasteiger partial charge in [0.05, 0.1) is 5.56 Å². The number of nitrogens with zero attached hydrogens (tertiary/aromatic N) is 1. The summed E-state index contributed by atoms with van der Waals surface area (Å²) >= 11 is 3.39. The molecule has 0 aliphatic heterocycles. The molecular weight excluding hydrogens is 304 g/mol. The lowest BCUT2D eigenvalue weighted by Gasteiger charge is -2.18. The molecule has 98 valence electrons. The van der Waals surface area contributed by atoms with E-state index in [1.54, 1.807) is 24.1 Å². The van der Waals surface area contributed by atoms with Crippen LogP contribution in [0.5, 0.6) is 0 Å². The number of carbonyl (C=O) groups is 1. The van der Waals surface area contributed by atoms with Crippen molar-refractivity contribution in [1.29, 1.82) is 0 Å². The highest BCUT2D eigenvalue weighted by Crippen LogP contribution is 2.16. The Hall–Kier alpha value is -1.81. The summed E-state index contributed by atoms with van der Waals surface area (Å²) in [6, 6.07) is 15.0. The van der Waals surface area contributed by atoms with Crippen LogP contribution >= 0.6 is 15.9 Å². The fourth-order valence-corrected chi connectivity index (χ4v) is 2.10. The molecule has 0 spiro atoms. The lowest BCUT2D eigenvalue weighted by Crippen LogP contribution is -2.26.